The number of nitrogens with two attached hydrogens (primary N) is 1. The van der Waals surface area contributed by atoms with E-state index >= 15 is 0 Å². The lowest BCUT2D eigenvalue weighted by molar-refractivity contribution is -0.127. The average Bonchev–Trinajstić information content (AvgIpc) is 3.24. The third-order valence-electron chi connectivity index (χ3n) is 5.21. The molecule has 0 saturated carbocycles. The summed E-state index contributed by atoms with van der Waals surface area (Å²) in [6.45, 7) is 3.01. The first-order valence-corrected chi connectivity index (χ1v) is 10.3. The van der Waals surface area contributed by atoms with Gasteiger partial charge in [0, 0.05) is 29.8 Å². The molecule has 3 rings (SSSR count). The van der Waals surface area contributed by atoms with E-state index in [9.17, 15) is 14.4 Å². The minimum atomic E-state index is -0.760. The molecule has 1 saturated heterocycles. The van der Waals surface area contributed by atoms with Crippen LogP contribution >= 0.6 is 0 Å². The number of fused-ring (bicyclic) bond motifs is 1. The smallest absolute Gasteiger partial charge is 0.336 e. The maximum absolute atomic E-state index is 12.9. The van der Waals surface area contributed by atoms with Crippen LogP contribution in [0.3, 0.4) is 0 Å². The molecule has 1 aromatic carbocycles. The Morgan fingerprint density at radius 3 is 2.87 bits per heavy atom. The van der Waals surface area contributed by atoms with Gasteiger partial charge in [-0.2, -0.15) is 0 Å². The van der Waals surface area contributed by atoms with E-state index in [0.29, 0.717) is 30.7 Å². The zero-order valence-electron chi connectivity index (χ0n) is 17.4. The largest absolute Gasteiger partial charge is 0.423 e. The van der Waals surface area contributed by atoms with E-state index in [1.54, 1.807) is 18.2 Å². The van der Waals surface area contributed by atoms with Gasteiger partial charge < -0.3 is 31.4 Å². The quantitative estimate of drug-likeness (QED) is 0.155. The van der Waals surface area contributed by atoms with Crippen LogP contribution in [0.15, 0.2) is 33.5 Å². The maximum Gasteiger partial charge on any atom is 0.336 e. The van der Waals surface area contributed by atoms with Crippen molar-refractivity contribution in [3.05, 3.63) is 40.2 Å². The van der Waals surface area contributed by atoms with Crippen molar-refractivity contribution >= 4 is 34.4 Å². The summed E-state index contributed by atoms with van der Waals surface area (Å²) >= 11 is 0. The van der Waals surface area contributed by atoms with Crippen molar-refractivity contribution in [2.75, 3.05) is 18.4 Å². The number of guanidine groups is 1. The Hall–Kier alpha value is -3.40. The monoisotopic (exact) mass is 428 g/mol. The van der Waals surface area contributed by atoms with Gasteiger partial charge in [0.15, 0.2) is 5.96 Å². The number of amides is 2. The van der Waals surface area contributed by atoms with Gasteiger partial charge in [0.05, 0.1) is 6.04 Å². The molecule has 2 aromatic rings. The van der Waals surface area contributed by atoms with E-state index < -0.39 is 11.7 Å². The highest BCUT2D eigenvalue weighted by atomic mass is 16.4. The first kappa shape index (κ1) is 22.3. The fraction of sp³-hybridized carbons (Fsp3) is 0.429. The van der Waals surface area contributed by atoms with Crippen LogP contribution in [-0.4, -0.2) is 42.9 Å². The number of aryl methyl sites for hydroxylation is 1. The predicted molar refractivity (Wildman–Crippen MR) is 118 cm³/mol. The van der Waals surface area contributed by atoms with Gasteiger partial charge in [-0.1, -0.05) is 0 Å². The van der Waals surface area contributed by atoms with Crippen LogP contribution in [0, 0.1) is 12.3 Å². The van der Waals surface area contributed by atoms with E-state index in [1.165, 1.54) is 6.07 Å². The van der Waals surface area contributed by atoms with Gasteiger partial charge in [0.2, 0.25) is 11.8 Å². The SMILES string of the molecule is Cc1cc(=O)oc2cc(NC(=O)C(CCCNC(=N)N)NC(=O)C3CCCN3)ccc12. The minimum absolute atomic E-state index is 0.145. The normalized spacial score (nSPS) is 16.6. The number of carbonyl (C=O) groups excluding carboxylic acids is 2. The number of nitrogens with one attached hydrogen (secondary N) is 5. The second-order valence-corrected chi connectivity index (χ2v) is 7.64. The Morgan fingerprint density at radius 2 is 2.16 bits per heavy atom. The second-order valence-electron chi connectivity index (χ2n) is 7.64. The Balaban J connectivity index is 1.71. The van der Waals surface area contributed by atoms with Crippen LogP contribution in [0.4, 0.5) is 5.69 Å². The molecule has 2 unspecified atom stereocenters. The Labute approximate surface area is 179 Å². The van der Waals surface area contributed by atoms with Crippen molar-refractivity contribution in [2.45, 2.75) is 44.7 Å². The van der Waals surface area contributed by atoms with Crippen molar-refractivity contribution in [2.24, 2.45) is 5.73 Å². The topological polar surface area (TPSA) is 162 Å². The van der Waals surface area contributed by atoms with Gasteiger partial charge in [-0.05, 0) is 56.8 Å². The molecule has 0 aliphatic carbocycles. The van der Waals surface area contributed by atoms with Gasteiger partial charge in [-0.3, -0.25) is 15.0 Å². The average molecular weight is 428 g/mol. The zero-order valence-corrected chi connectivity index (χ0v) is 17.4. The molecule has 0 spiro atoms. The van der Waals surface area contributed by atoms with Crippen LogP contribution in [0.1, 0.15) is 31.2 Å². The highest BCUT2D eigenvalue weighted by molar-refractivity contribution is 5.99. The molecule has 7 N–H and O–H groups in total. The predicted octanol–water partition coefficient (Wildman–Crippen LogP) is 0.540. The second kappa shape index (κ2) is 10.1. The lowest BCUT2D eigenvalue weighted by Crippen LogP contribution is -2.50. The summed E-state index contributed by atoms with van der Waals surface area (Å²) in [6.07, 6.45) is 2.54. The molecule has 10 heteroatoms. The molecule has 1 aliphatic heterocycles. The van der Waals surface area contributed by atoms with E-state index in [2.05, 4.69) is 21.3 Å². The van der Waals surface area contributed by atoms with Gasteiger partial charge in [0.1, 0.15) is 11.6 Å². The standard InChI is InChI=1S/C21H28N6O4/c1-12-10-18(28)31-17-11-13(6-7-14(12)17)26-20(30)16(5-3-9-25-21(22)23)27-19(29)15-4-2-8-24-15/h6-7,10-11,15-16,24H,2-5,8-9H2,1H3,(H,26,30)(H,27,29)(H4,22,23,25). The van der Waals surface area contributed by atoms with Crippen LogP contribution < -0.4 is 32.6 Å². The molecule has 2 heterocycles. The molecule has 1 aromatic heterocycles. The summed E-state index contributed by atoms with van der Waals surface area (Å²) in [5, 5.41) is 19.4. The van der Waals surface area contributed by atoms with Crippen molar-refractivity contribution < 1.29 is 14.0 Å². The van der Waals surface area contributed by atoms with Gasteiger partial charge in [0.25, 0.3) is 0 Å². The van der Waals surface area contributed by atoms with Crippen LogP contribution in [0.5, 0.6) is 0 Å². The summed E-state index contributed by atoms with van der Waals surface area (Å²) < 4.78 is 5.23. The lowest BCUT2D eigenvalue weighted by atomic mass is 10.1. The summed E-state index contributed by atoms with van der Waals surface area (Å²) in [4.78, 5) is 37.1. The number of hydrogen-bond acceptors (Lipinski definition) is 6. The van der Waals surface area contributed by atoms with Gasteiger partial charge in [-0.15, -0.1) is 0 Å². The fourth-order valence-electron chi connectivity index (χ4n) is 3.61. The first-order chi connectivity index (χ1) is 14.8. The molecular formula is C21H28N6O4. The number of hydrogen-bond donors (Lipinski definition) is 6. The van der Waals surface area contributed by atoms with Crippen molar-refractivity contribution in [3.63, 3.8) is 0 Å². The third-order valence-corrected chi connectivity index (χ3v) is 5.21. The molecule has 2 amide bonds. The van der Waals surface area contributed by atoms with E-state index in [4.69, 9.17) is 15.6 Å². The molecule has 10 nitrogen and oxygen atoms in total. The van der Waals surface area contributed by atoms with E-state index in [-0.39, 0.29) is 23.8 Å². The number of carbonyl (C=O) groups is 2. The van der Waals surface area contributed by atoms with Crippen LogP contribution in [0.25, 0.3) is 11.0 Å². The Kier molecular flexibility index (Phi) is 7.24. The van der Waals surface area contributed by atoms with Crippen LogP contribution in [0.2, 0.25) is 0 Å². The van der Waals surface area contributed by atoms with Crippen molar-refractivity contribution in [1.82, 2.24) is 16.0 Å². The fourth-order valence-corrected chi connectivity index (χ4v) is 3.61. The number of benzene rings is 1. The highest BCUT2D eigenvalue weighted by Crippen LogP contribution is 2.21. The van der Waals surface area contributed by atoms with Gasteiger partial charge >= 0.3 is 5.63 Å². The summed E-state index contributed by atoms with van der Waals surface area (Å²) in [7, 11) is 0. The molecule has 0 bridgehead atoms. The molecular weight excluding hydrogens is 400 g/mol. The Morgan fingerprint density at radius 1 is 1.35 bits per heavy atom. The lowest BCUT2D eigenvalue weighted by Gasteiger charge is -2.21. The molecule has 31 heavy (non-hydrogen) atoms. The molecule has 0 radical (unpaired) electrons. The van der Waals surface area contributed by atoms with Crippen molar-refractivity contribution in [1.29, 1.82) is 5.41 Å². The number of anilines is 1. The minimum Gasteiger partial charge on any atom is -0.423 e. The molecule has 1 aliphatic rings. The third kappa shape index (κ3) is 6.05. The summed E-state index contributed by atoms with van der Waals surface area (Å²) in [6, 6.07) is 5.44. The Bertz CT molecular complexity index is 1030. The maximum atomic E-state index is 12.9. The van der Waals surface area contributed by atoms with E-state index in [0.717, 1.165) is 30.3 Å². The first-order valence-electron chi connectivity index (χ1n) is 10.3. The summed E-state index contributed by atoms with van der Waals surface area (Å²) in [5.41, 5.74) is 6.46. The zero-order chi connectivity index (χ0) is 22.4. The van der Waals surface area contributed by atoms with Gasteiger partial charge in [-0.25, -0.2) is 4.79 Å². The number of rotatable bonds is 8. The van der Waals surface area contributed by atoms with Crippen molar-refractivity contribution in [3.8, 4) is 0 Å². The highest BCUT2D eigenvalue weighted by Gasteiger charge is 2.27. The molecule has 2 atom stereocenters. The molecule has 1 fully saturated rings. The molecule has 166 valence electrons. The van der Waals surface area contributed by atoms with Crippen LogP contribution in [-0.2, 0) is 9.59 Å². The summed E-state index contributed by atoms with van der Waals surface area (Å²) in [5.74, 6) is -0.728. The van der Waals surface area contributed by atoms with E-state index in [1.807, 2.05) is 6.92 Å².